The van der Waals surface area contributed by atoms with Gasteiger partial charge in [0, 0.05) is 13.2 Å². The van der Waals surface area contributed by atoms with Crippen LogP contribution in [0.3, 0.4) is 0 Å². The quantitative estimate of drug-likeness (QED) is 0.264. The van der Waals surface area contributed by atoms with E-state index < -0.39 is 35.3 Å². The molecule has 0 fully saturated rings. The Hall–Kier alpha value is -3.67. The van der Waals surface area contributed by atoms with E-state index in [1.54, 1.807) is 39.3 Å². The maximum absolute atomic E-state index is 13.3. The number of rotatable bonds is 14. The van der Waals surface area contributed by atoms with Crippen molar-refractivity contribution in [3.63, 3.8) is 0 Å². The number of nitrogens with one attached hydrogen (secondary N) is 3. The fraction of sp³-hybridized carbons (Fsp3) is 0.593. The molecule has 3 amide bonds. The fourth-order valence-corrected chi connectivity index (χ4v) is 3.64. The lowest BCUT2D eigenvalue weighted by atomic mass is 10.0. The number of amides is 3. The Kier molecular flexibility index (Phi) is 12.2. The minimum atomic E-state index is -1.26. The standard InChI is InChI=1S/C27H42N6O6/c1-26(2,3)39-25(37)32-27(4,5)23(35)31-21(14-9-13-20-11-7-6-8-12-20)22-29-19-30-33(22)16-18-38-24(36)28-15-10-17-34/h6-8,11-12,19,21,34H,9-10,13-18H2,1-5H3,(H,28,36)(H,31,35)(H,32,37). The molecule has 0 spiro atoms. The van der Waals surface area contributed by atoms with Crippen molar-refractivity contribution >= 4 is 18.1 Å². The third kappa shape index (κ3) is 11.7. The predicted octanol–water partition coefficient (Wildman–Crippen LogP) is 2.87. The average molecular weight is 547 g/mol. The van der Waals surface area contributed by atoms with Crippen molar-refractivity contribution in [1.82, 2.24) is 30.7 Å². The molecule has 1 heterocycles. The molecule has 0 aliphatic carbocycles. The van der Waals surface area contributed by atoms with Gasteiger partial charge in [-0.25, -0.2) is 19.3 Å². The summed E-state index contributed by atoms with van der Waals surface area (Å²) in [5, 5.41) is 21.3. The lowest BCUT2D eigenvalue weighted by Crippen LogP contribution is -2.56. The van der Waals surface area contributed by atoms with Crippen LogP contribution in [-0.4, -0.2) is 68.9 Å². The number of hydrogen-bond acceptors (Lipinski definition) is 8. The van der Waals surface area contributed by atoms with Crippen molar-refractivity contribution in [2.24, 2.45) is 0 Å². The van der Waals surface area contributed by atoms with Gasteiger partial charge in [-0.3, -0.25) is 4.79 Å². The van der Waals surface area contributed by atoms with Crippen LogP contribution in [0.25, 0.3) is 0 Å². The van der Waals surface area contributed by atoms with Crippen molar-refractivity contribution in [2.45, 2.75) is 84.0 Å². The highest BCUT2D eigenvalue weighted by Gasteiger charge is 2.34. The molecular weight excluding hydrogens is 504 g/mol. The Labute approximate surface area is 229 Å². The molecular formula is C27H42N6O6. The van der Waals surface area contributed by atoms with E-state index in [2.05, 4.69) is 26.0 Å². The molecule has 216 valence electrons. The van der Waals surface area contributed by atoms with Crippen LogP contribution < -0.4 is 16.0 Å². The van der Waals surface area contributed by atoms with Gasteiger partial charge in [0.15, 0.2) is 0 Å². The number of aliphatic hydroxyl groups excluding tert-OH is 1. The normalized spacial score (nSPS) is 12.4. The van der Waals surface area contributed by atoms with E-state index in [0.29, 0.717) is 25.2 Å². The number of aliphatic hydroxyl groups is 1. The third-order valence-electron chi connectivity index (χ3n) is 5.59. The monoisotopic (exact) mass is 546 g/mol. The summed E-state index contributed by atoms with van der Waals surface area (Å²) in [5.41, 5.74) is -0.789. The zero-order valence-corrected chi connectivity index (χ0v) is 23.5. The number of ether oxygens (including phenoxy) is 2. The van der Waals surface area contributed by atoms with Gasteiger partial charge in [-0.1, -0.05) is 30.3 Å². The molecule has 0 saturated carbocycles. The van der Waals surface area contributed by atoms with Gasteiger partial charge in [0.05, 0.1) is 12.6 Å². The minimum absolute atomic E-state index is 0.0237. The maximum Gasteiger partial charge on any atom is 0.408 e. The smallest absolute Gasteiger partial charge is 0.408 e. The molecule has 1 aromatic heterocycles. The van der Waals surface area contributed by atoms with Crippen molar-refractivity contribution < 1.29 is 29.0 Å². The van der Waals surface area contributed by atoms with Crippen molar-refractivity contribution in [2.75, 3.05) is 19.8 Å². The summed E-state index contributed by atoms with van der Waals surface area (Å²) in [7, 11) is 0. The Morgan fingerprint density at radius 3 is 2.44 bits per heavy atom. The number of benzene rings is 1. The van der Waals surface area contributed by atoms with Gasteiger partial charge in [0.25, 0.3) is 0 Å². The van der Waals surface area contributed by atoms with Crippen LogP contribution in [0, 0.1) is 0 Å². The zero-order chi connectivity index (χ0) is 28.9. The SMILES string of the molecule is CC(C)(C)OC(=O)NC(C)(C)C(=O)NC(CCCc1ccccc1)c1ncnn1CCOC(=O)NCCCO. The second-order valence-electron chi connectivity index (χ2n) is 10.6. The van der Waals surface area contributed by atoms with Gasteiger partial charge in [0.1, 0.15) is 29.9 Å². The summed E-state index contributed by atoms with van der Waals surface area (Å²) in [6.07, 6.45) is 2.66. The molecule has 0 radical (unpaired) electrons. The molecule has 0 aliphatic rings. The largest absolute Gasteiger partial charge is 0.448 e. The molecule has 1 aromatic carbocycles. The van der Waals surface area contributed by atoms with Crippen molar-refractivity contribution in [1.29, 1.82) is 0 Å². The van der Waals surface area contributed by atoms with Crippen molar-refractivity contribution in [3.05, 3.63) is 48.0 Å². The second-order valence-corrected chi connectivity index (χ2v) is 10.6. The molecule has 12 nitrogen and oxygen atoms in total. The molecule has 1 unspecified atom stereocenters. The molecule has 2 rings (SSSR count). The van der Waals surface area contributed by atoms with Crippen LogP contribution in [0.1, 0.15) is 71.3 Å². The van der Waals surface area contributed by atoms with Gasteiger partial charge in [-0.2, -0.15) is 5.10 Å². The lowest BCUT2D eigenvalue weighted by Gasteiger charge is -2.29. The summed E-state index contributed by atoms with van der Waals surface area (Å²) in [6.45, 7) is 9.00. The van der Waals surface area contributed by atoms with Gasteiger partial charge in [-0.15, -0.1) is 0 Å². The van der Waals surface area contributed by atoms with E-state index >= 15 is 0 Å². The first-order chi connectivity index (χ1) is 18.4. The van der Waals surface area contributed by atoms with Gasteiger partial charge in [-0.05, 0) is 65.9 Å². The third-order valence-corrected chi connectivity index (χ3v) is 5.59. The van der Waals surface area contributed by atoms with E-state index in [9.17, 15) is 14.4 Å². The zero-order valence-electron chi connectivity index (χ0n) is 23.5. The summed E-state index contributed by atoms with van der Waals surface area (Å²) >= 11 is 0. The Bertz CT molecular complexity index is 1050. The average Bonchev–Trinajstić information content (AvgIpc) is 3.31. The summed E-state index contributed by atoms with van der Waals surface area (Å²) in [6, 6.07) is 9.51. The van der Waals surface area contributed by atoms with E-state index in [0.717, 1.165) is 12.8 Å². The molecule has 12 heteroatoms. The second kappa shape index (κ2) is 15.1. The molecule has 0 bridgehead atoms. The van der Waals surface area contributed by atoms with Crippen LogP contribution in [0.5, 0.6) is 0 Å². The number of hydrogen-bond donors (Lipinski definition) is 4. The fourth-order valence-electron chi connectivity index (χ4n) is 3.64. The van der Waals surface area contributed by atoms with Crippen molar-refractivity contribution in [3.8, 4) is 0 Å². The highest BCUT2D eigenvalue weighted by atomic mass is 16.6. The van der Waals surface area contributed by atoms with E-state index in [1.807, 2.05) is 30.3 Å². The number of aromatic nitrogens is 3. The number of carbonyl (C=O) groups excluding carboxylic acids is 3. The molecule has 39 heavy (non-hydrogen) atoms. The number of aryl methyl sites for hydroxylation is 1. The van der Waals surface area contributed by atoms with Gasteiger partial charge in [0.2, 0.25) is 5.91 Å². The van der Waals surface area contributed by atoms with Gasteiger partial charge < -0.3 is 30.5 Å². The molecule has 1 atom stereocenters. The topological polar surface area (TPSA) is 157 Å². The minimum Gasteiger partial charge on any atom is -0.448 e. The first-order valence-corrected chi connectivity index (χ1v) is 13.2. The number of carbonyl (C=O) groups is 3. The highest BCUT2D eigenvalue weighted by Crippen LogP contribution is 2.20. The molecule has 2 aromatic rings. The summed E-state index contributed by atoms with van der Waals surface area (Å²) in [5.74, 6) is 0.0981. The van der Waals surface area contributed by atoms with Crippen LogP contribution in [-0.2, 0) is 27.2 Å². The Morgan fingerprint density at radius 2 is 1.77 bits per heavy atom. The van der Waals surface area contributed by atoms with E-state index in [4.69, 9.17) is 14.6 Å². The first kappa shape index (κ1) is 31.5. The molecule has 0 aliphatic heterocycles. The highest BCUT2D eigenvalue weighted by molar-refractivity contribution is 5.89. The number of nitrogens with zero attached hydrogens (tertiary/aromatic N) is 3. The van der Waals surface area contributed by atoms with E-state index in [-0.39, 0.29) is 19.8 Å². The summed E-state index contributed by atoms with van der Waals surface area (Å²) in [4.78, 5) is 41.8. The molecule has 4 N–H and O–H groups in total. The lowest BCUT2D eigenvalue weighted by molar-refractivity contribution is -0.127. The van der Waals surface area contributed by atoms with Crippen LogP contribution >= 0.6 is 0 Å². The number of alkyl carbamates (subject to hydrolysis) is 2. The van der Waals surface area contributed by atoms with E-state index in [1.165, 1.54) is 11.9 Å². The molecule has 0 saturated heterocycles. The van der Waals surface area contributed by atoms with Gasteiger partial charge >= 0.3 is 12.2 Å². The Morgan fingerprint density at radius 1 is 1.05 bits per heavy atom. The maximum atomic E-state index is 13.3. The first-order valence-electron chi connectivity index (χ1n) is 13.2. The predicted molar refractivity (Wildman–Crippen MR) is 145 cm³/mol. The summed E-state index contributed by atoms with van der Waals surface area (Å²) < 4.78 is 12.1. The van der Waals surface area contributed by atoms with Crippen LogP contribution in [0.4, 0.5) is 9.59 Å². The van der Waals surface area contributed by atoms with Crippen LogP contribution in [0.2, 0.25) is 0 Å². The Balaban J connectivity index is 2.09. The van der Waals surface area contributed by atoms with Crippen LogP contribution in [0.15, 0.2) is 36.7 Å².